The molecule has 48 heteroatoms. The van der Waals surface area contributed by atoms with Crippen LogP contribution < -0.4 is 53.2 Å². The van der Waals surface area contributed by atoms with Crippen molar-refractivity contribution in [2.75, 3.05) is 50.2 Å². The summed E-state index contributed by atoms with van der Waals surface area (Å²) in [6, 6.07) is 4.82. The molecule has 0 aromatic carbocycles. The van der Waals surface area contributed by atoms with E-state index in [0.717, 1.165) is 119 Å². The molecule has 8 aromatic rings. The number of carbonyl (C=O) groups is 8. The zero-order valence-corrected chi connectivity index (χ0v) is 74.7. The van der Waals surface area contributed by atoms with Crippen molar-refractivity contribution in [2.24, 2.45) is 39.9 Å². The quantitative estimate of drug-likeness (QED) is 0.104. The molecule has 8 unspecified atom stereocenters. The number of hydrogen-bond donors (Lipinski definition) is 10. The second kappa shape index (κ2) is 41.8. The van der Waals surface area contributed by atoms with Crippen LogP contribution >= 0.6 is 35.3 Å². The van der Waals surface area contributed by atoms with Crippen molar-refractivity contribution in [2.45, 2.75) is 97.5 Å². The minimum atomic E-state index is -0.644. The van der Waals surface area contributed by atoms with Gasteiger partial charge in [0.2, 0.25) is 29.5 Å². The number of aliphatic imine (C=N–C) groups is 8. The zero-order valence-electron chi connectivity index (χ0n) is 72.3. The van der Waals surface area contributed by atoms with Crippen molar-refractivity contribution in [1.82, 2.24) is 134 Å². The maximum absolute atomic E-state index is 11.8. The van der Waals surface area contributed by atoms with Crippen LogP contribution in [0.3, 0.4) is 0 Å². The van der Waals surface area contributed by atoms with Crippen LogP contribution in [0.2, 0.25) is 0 Å². The molecule has 16 aliphatic rings. The van der Waals surface area contributed by atoms with Crippen molar-refractivity contribution in [3.05, 3.63) is 243 Å². The summed E-state index contributed by atoms with van der Waals surface area (Å²) in [5.41, 5.74) is 21.3. The number of piperazine rings is 2. The van der Waals surface area contributed by atoms with Gasteiger partial charge in [0.25, 0.3) is 17.7 Å². The molecule has 8 aromatic heterocycles. The maximum atomic E-state index is 11.8. The molecule has 8 amide bonds. The van der Waals surface area contributed by atoms with E-state index < -0.39 is 30.4 Å². The molecule has 8 atom stereocenters. The lowest BCUT2D eigenvalue weighted by Crippen LogP contribution is -2.55. The van der Waals surface area contributed by atoms with Crippen LogP contribution in [0.15, 0.2) is 238 Å². The van der Waals surface area contributed by atoms with Crippen LogP contribution in [-0.4, -0.2) is 270 Å². The van der Waals surface area contributed by atoms with Gasteiger partial charge in [-0.2, -0.15) is 15.3 Å². The lowest BCUT2D eigenvalue weighted by molar-refractivity contribution is -0.131. The third-order valence-electron chi connectivity index (χ3n) is 21.6. The van der Waals surface area contributed by atoms with Gasteiger partial charge in [0.05, 0.1) is 103 Å². The fourth-order valence-corrected chi connectivity index (χ4v) is 18.2. The Balaban J connectivity index is 0.000000108. The number of nitrogens with one attached hydrogen (secondary N) is 10. The van der Waals surface area contributed by atoms with Crippen molar-refractivity contribution in [3.8, 4) is 0 Å². The fourth-order valence-electron chi connectivity index (χ4n) is 15.3. The third kappa shape index (κ3) is 22.0. The van der Waals surface area contributed by atoms with Gasteiger partial charge < -0.3 is 56.7 Å². The van der Waals surface area contributed by atoms with Gasteiger partial charge >= 0.3 is 0 Å². The van der Waals surface area contributed by atoms with E-state index in [1.807, 2.05) is 18.2 Å². The van der Waals surface area contributed by atoms with Crippen molar-refractivity contribution in [1.29, 1.82) is 0 Å². The van der Waals surface area contributed by atoms with Gasteiger partial charge in [-0.25, -0.2) is 74.8 Å². The van der Waals surface area contributed by atoms with E-state index in [4.69, 9.17) is 14.2 Å². The number of hydrogen-bond acceptors (Lipinski definition) is 40. The first kappa shape index (κ1) is 92.4. The standard InChI is InChI=1S/2C11H11N5O.3C11H10N4O2.3C11H10N4OS/c1-6-3-13-10(11(17)15-6)8-2-7-9(16-8)4-12-5-14-7;1-6-5-12-9(11(17)14-6)8-4-7-2-3-13-16-10(7)15-8;1-6-4-17-10(11(16)14-6)8-2-7-9(15-8)3-12-5-13-7;1-6-4-17-9(11(16)14-6)8-2-7-3-12-5-13-10(7)15-8;1-6-5-17-9(11(16)13-6)8-4-7-2-3-12-15-10(7)14-8;1-6-4-17-10(11(16)14-6)8-2-7-9(15-8)3-12-5-13-7;1-6-4-17-9(11(16)14-6)8-2-7-3-12-5-13-10(7)15-8;1-6-5-17-9(11(16)13-6)8-4-7-2-3-12-15-10(7)14-8/h4-5,10,13H,1-3H2,(H,15,17);2-3,9,12H,1,4-5H2,(H,14,17);3,5,10H,1-2,4H2,(H,14,16);3,5,9H,1-2,4H2,(H,14,16);2-3,9H,1,4-5H2,(H,13,16);3,5,10H,1-2,4H2,(H,14,16);3,5,9H,1-2,4H2,(H,14,16);2-3,9H,1,4-5H2,(H,13,16). The van der Waals surface area contributed by atoms with Crippen LogP contribution in [0.1, 0.15) is 44.9 Å². The Kier molecular flexibility index (Phi) is 28.4. The Morgan fingerprint density at radius 1 is 0.287 bits per heavy atom. The summed E-state index contributed by atoms with van der Waals surface area (Å²) in [4.78, 5) is 169. The lowest BCUT2D eigenvalue weighted by atomic mass is 10.0. The number of nitrogens with zero attached hydrogens (tertiary/aromatic N) is 24. The van der Waals surface area contributed by atoms with Crippen LogP contribution in [0.5, 0.6) is 0 Å². The molecule has 0 radical (unpaired) electrons. The van der Waals surface area contributed by atoms with Gasteiger partial charge in [0.15, 0.2) is 47.4 Å². The van der Waals surface area contributed by atoms with Crippen LogP contribution in [0.4, 0.5) is 46.2 Å². The van der Waals surface area contributed by atoms with Gasteiger partial charge in [-0.05, 0) is 18.2 Å². The highest BCUT2D eigenvalue weighted by molar-refractivity contribution is 8.02. The van der Waals surface area contributed by atoms with Crippen LogP contribution in [0, 0.1) is 0 Å². The van der Waals surface area contributed by atoms with Gasteiger partial charge in [-0.3, -0.25) is 64.0 Å². The van der Waals surface area contributed by atoms with E-state index in [-0.39, 0.29) is 63.0 Å². The average molecular weight is 1890 g/mol. The van der Waals surface area contributed by atoms with Crippen LogP contribution in [-0.2, 0) is 104 Å². The van der Waals surface area contributed by atoms with Crippen molar-refractivity contribution in [3.63, 3.8) is 0 Å². The van der Waals surface area contributed by atoms with E-state index in [9.17, 15) is 38.4 Å². The molecule has 136 heavy (non-hydrogen) atoms. The summed E-state index contributed by atoms with van der Waals surface area (Å²) < 4.78 is 16.3. The van der Waals surface area contributed by atoms with Gasteiger partial charge in [0.1, 0.15) is 76.5 Å². The number of aromatic nitrogens is 16. The molecule has 8 saturated heterocycles. The third-order valence-corrected chi connectivity index (χ3v) is 25.6. The molecular formula is C88H82N34O11S3. The summed E-state index contributed by atoms with van der Waals surface area (Å²) >= 11 is 4.67. The van der Waals surface area contributed by atoms with E-state index in [0.29, 0.717) is 165 Å². The first-order chi connectivity index (χ1) is 65.9. The predicted octanol–water partition coefficient (Wildman–Crippen LogP) is 2.37. The highest BCUT2D eigenvalue weighted by Gasteiger charge is 2.41. The Labute approximate surface area is 786 Å². The monoisotopic (exact) mass is 1890 g/mol. The Bertz CT molecular complexity index is 5480. The molecule has 0 bridgehead atoms. The number of fused-ring (bicyclic) bond motifs is 8. The van der Waals surface area contributed by atoms with Gasteiger partial charge in [0, 0.05) is 185 Å². The number of morpholine rings is 3. The predicted molar refractivity (Wildman–Crippen MR) is 502 cm³/mol. The van der Waals surface area contributed by atoms with Gasteiger partial charge in [-0.15, -0.1) is 50.6 Å². The van der Waals surface area contributed by atoms with E-state index >= 15 is 0 Å². The number of carbonyl (C=O) groups excluding carboxylic acids is 8. The second-order valence-corrected chi connectivity index (χ2v) is 35.0. The molecule has 24 rings (SSSR count). The molecule has 45 nitrogen and oxygen atoms in total. The molecule has 8 fully saturated rings. The summed E-state index contributed by atoms with van der Waals surface area (Å²) in [5.74, 6) is 4.34. The SMILES string of the molecule is C=C1CNC(C2=Nc3cncnc3C2)C(=O)N1.C=C1CNC(C2=Nc3nnccc3C2)C(=O)N1.C=C1COC(C2=Nc3cncnc3C2)C(=O)N1.C=C1COC(C2=Nc3ncncc3C2)C(=O)N1.C=C1COC(C2=Nc3nnccc3C2)C(=O)N1.C=C1CSC(C2=Nc3cncnc3C2)C(=O)N1.C=C1CSC(C2=Nc3ncncc3C2)C(=O)N1.C=C1CSC(C2=Nc3nnccc3C2)C(=O)N1. The molecule has 16 aliphatic heterocycles. The Hall–Kier alpha value is -15.5. The smallest absolute Gasteiger partial charge is 0.259 e. The number of thioether (sulfide) groups is 3. The van der Waals surface area contributed by atoms with Gasteiger partial charge in [-0.1, -0.05) is 52.6 Å². The average Bonchev–Trinajstić information content (AvgIpc) is 1.71. The maximum Gasteiger partial charge on any atom is 0.259 e. The second-order valence-electron chi connectivity index (χ2n) is 31.7. The number of rotatable bonds is 8. The number of amides is 8. The summed E-state index contributed by atoms with van der Waals surface area (Å²) in [5, 5.41) is 50.3. The van der Waals surface area contributed by atoms with Crippen LogP contribution in [0.25, 0.3) is 0 Å². The van der Waals surface area contributed by atoms with Crippen molar-refractivity contribution >= 4 is 174 Å². The molecular weight excluding hydrogens is 1810 g/mol. The zero-order chi connectivity index (χ0) is 94.6. The molecule has 10 N–H and O–H groups in total. The number of ether oxygens (including phenoxy) is 3. The summed E-state index contributed by atoms with van der Waals surface area (Å²) in [7, 11) is 0. The van der Waals surface area contributed by atoms with E-state index in [1.54, 1.807) is 84.9 Å². The summed E-state index contributed by atoms with van der Waals surface area (Å²) in [6.45, 7) is 31.7. The first-order valence-corrected chi connectivity index (χ1v) is 45.1. The largest absolute Gasteiger partial charge is 0.356 e. The Morgan fingerprint density at radius 2 is 0.574 bits per heavy atom. The Morgan fingerprint density at radius 3 is 0.956 bits per heavy atom. The minimum Gasteiger partial charge on any atom is -0.356 e. The van der Waals surface area contributed by atoms with E-state index in [2.05, 4.69) is 226 Å². The lowest BCUT2D eigenvalue weighted by Gasteiger charge is -2.24. The molecule has 0 saturated carbocycles. The molecule has 0 aliphatic carbocycles. The highest BCUT2D eigenvalue weighted by Crippen LogP contribution is 2.36. The first-order valence-electron chi connectivity index (χ1n) is 41.9. The van der Waals surface area contributed by atoms with E-state index in [1.165, 1.54) is 31.6 Å². The van der Waals surface area contributed by atoms with Crippen molar-refractivity contribution < 1.29 is 52.6 Å². The highest BCUT2D eigenvalue weighted by atomic mass is 32.2. The fraction of sp³-hybridized carbons (Fsp3) is 0.273. The molecule has 0 spiro atoms. The summed E-state index contributed by atoms with van der Waals surface area (Å²) in [6.07, 6.45) is 23.7. The minimum absolute atomic E-state index is 0.0363. The molecule has 688 valence electrons. The molecule has 24 heterocycles. The normalized spacial score (nSPS) is 23.1. The topological polar surface area (TPSA) is 590 Å².